The van der Waals surface area contributed by atoms with Crippen LogP contribution in [0.5, 0.6) is 0 Å². The zero-order valence-corrected chi connectivity index (χ0v) is 10.9. The molecule has 0 aromatic heterocycles. The van der Waals surface area contributed by atoms with E-state index in [2.05, 4.69) is 31.0 Å². The fourth-order valence-corrected chi connectivity index (χ4v) is 2.38. The van der Waals surface area contributed by atoms with Crippen molar-refractivity contribution >= 4 is 11.8 Å². The summed E-state index contributed by atoms with van der Waals surface area (Å²) in [4.78, 5) is 9.45. The summed E-state index contributed by atoms with van der Waals surface area (Å²) in [6.07, 6.45) is 5.94. The molecule has 0 N–H and O–H groups in total. The third kappa shape index (κ3) is 1.96. The van der Waals surface area contributed by atoms with Gasteiger partial charge in [-0.1, -0.05) is 26.0 Å². The molecule has 0 saturated heterocycles. The van der Waals surface area contributed by atoms with Gasteiger partial charge >= 0.3 is 0 Å². The van der Waals surface area contributed by atoms with Gasteiger partial charge in [0.2, 0.25) is 11.8 Å². The van der Waals surface area contributed by atoms with Crippen LogP contribution >= 0.6 is 0 Å². The van der Waals surface area contributed by atoms with Gasteiger partial charge in [0.1, 0.15) is 11.6 Å². The van der Waals surface area contributed by atoms with Crippen LogP contribution in [-0.4, -0.2) is 37.6 Å². The summed E-state index contributed by atoms with van der Waals surface area (Å²) in [5, 5.41) is 0. The van der Waals surface area contributed by atoms with Gasteiger partial charge < -0.3 is 9.47 Å². The quantitative estimate of drug-likeness (QED) is 0.655. The molecular weight excluding hydrogens is 216 g/mol. The Bertz CT molecular complexity index is 375. The number of ether oxygens (including phenoxy) is 2. The lowest BCUT2D eigenvalue weighted by molar-refractivity contribution is 0.308. The molecule has 17 heavy (non-hydrogen) atoms. The molecule has 2 rings (SSSR count). The van der Waals surface area contributed by atoms with Gasteiger partial charge in [0.05, 0.1) is 14.2 Å². The summed E-state index contributed by atoms with van der Waals surface area (Å²) in [6.45, 7) is 4.22. The lowest BCUT2D eigenvalue weighted by Crippen LogP contribution is -2.45. The van der Waals surface area contributed by atoms with Crippen LogP contribution in [-0.2, 0) is 9.47 Å². The molecule has 94 valence electrons. The van der Waals surface area contributed by atoms with E-state index < -0.39 is 0 Å². The van der Waals surface area contributed by atoms with E-state index in [1.54, 1.807) is 14.2 Å². The molecule has 4 heteroatoms. The second-order valence-electron chi connectivity index (χ2n) is 4.89. The summed E-state index contributed by atoms with van der Waals surface area (Å²) >= 11 is 0. The number of hydrogen-bond acceptors (Lipinski definition) is 4. The highest BCUT2D eigenvalue weighted by atomic mass is 16.5. The predicted molar refractivity (Wildman–Crippen MR) is 68.6 cm³/mol. The lowest BCUT2D eigenvalue weighted by Gasteiger charge is -2.33. The van der Waals surface area contributed by atoms with Crippen molar-refractivity contribution in [3.63, 3.8) is 0 Å². The van der Waals surface area contributed by atoms with Crippen molar-refractivity contribution in [2.75, 3.05) is 14.2 Å². The second kappa shape index (κ2) is 4.51. The van der Waals surface area contributed by atoms with Crippen molar-refractivity contribution in [1.82, 2.24) is 0 Å². The molecule has 1 aliphatic heterocycles. The number of methoxy groups -OCH3 is 2. The van der Waals surface area contributed by atoms with Crippen LogP contribution in [0, 0.1) is 5.92 Å². The minimum Gasteiger partial charge on any atom is -0.483 e. The topological polar surface area (TPSA) is 43.2 Å². The van der Waals surface area contributed by atoms with Gasteiger partial charge in [0, 0.05) is 0 Å². The van der Waals surface area contributed by atoms with E-state index in [-0.39, 0.29) is 11.6 Å². The number of aliphatic imine (C=N–C) groups is 2. The van der Waals surface area contributed by atoms with Crippen LogP contribution in [0.4, 0.5) is 0 Å². The lowest BCUT2D eigenvalue weighted by atomic mass is 9.93. The first kappa shape index (κ1) is 12.1. The fraction of sp³-hybridized carbons (Fsp3) is 0.692. The van der Waals surface area contributed by atoms with E-state index in [0.717, 1.165) is 24.6 Å². The van der Waals surface area contributed by atoms with Crippen molar-refractivity contribution in [3.05, 3.63) is 12.2 Å². The molecule has 1 atom stereocenters. The molecule has 0 amide bonds. The molecule has 0 aromatic rings. The summed E-state index contributed by atoms with van der Waals surface area (Å²) < 4.78 is 10.9. The van der Waals surface area contributed by atoms with Crippen LogP contribution in [0.25, 0.3) is 0 Å². The van der Waals surface area contributed by atoms with E-state index in [4.69, 9.17) is 14.5 Å². The number of nitrogens with zero attached hydrogens (tertiary/aromatic N) is 2. The summed E-state index contributed by atoms with van der Waals surface area (Å²) in [7, 11) is 3.33. The third-order valence-corrected chi connectivity index (χ3v) is 3.34. The molecule has 1 heterocycles. The molecular formula is C13H20N2O2. The molecule has 0 fully saturated rings. The fourth-order valence-electron chi connectivity index (χ4n) is 2.38. The largest absolute Gasteiger partial charge is 0.483 e. The monoisotopic (exact) mass is 236 g/mol. The Morgan fingerprint density at radius 2 is 1.88 bits per heavy atom. The van der Waals surface area contributed by atoms with Gasteiger partial charge in [0.25, 0.3) is 0 Å². The van der Waals surface area contributed by atoms with Gasteiger partial charge in [0.15, 0.2) is 0 Å². The predicted octanol–water partition coefficient (Wildman–Crippen LogP) is 2.20. The zero-order chi connectivity index (χ0) is 12.5. The van der Waals surface area contributed by atoms with Gasteiger partial charge in [-0.15, -0.1) is 0 Å². The first-order valence-electron chi connectivity index (χ1n) is 6.04. The Kier molecular flexibility index (Phi) is 3.22. The molecule has 1 aliphatic carbocycles. The van der Waals surface area contributed by atoms with Crippen LogP contribution in [0.15, 0.2) is 22.1 Å². The van der Waals surface area contributed by atoms with Crippen LogP contribution < -0.4 is 0 Å². The van der Waals surface area contributed by atoms with Crippen LogP contribution in [0.1, 0.15) is 26.7 Å². The van der Waals surface area contributed by atoms with Crippen LogP contribution in [0.3, 0.4) is 0 Å². The molecule has 0 radical (unpaired) electrons. The van der Waals surface area contributed by atoms with E-state index in [1.807, 2.05) is 0 Å². The van der Waals surface area contributed by atoms with E-state index in [0.29, 0.717) is 5.92 Å². The zero-order valence-electron chi connectivity index (χ0n) is 10.9. The van der Waals surface area contributed by atoms with Gasteiger partial charge in [-0.05, 0) is 18.8 Å². The van der Waals surface area contributed by atoms with Gasteiger partial charge in [-0.3, -0.25) is 0 Å². The Labute approximate surface area is 102 Å². The Morgan fingerprint density at radius 1 is 1.24 bits per heavy atom. The average molecular weight is 236 g/mol. The van der Waals surface area contributed by atoms with E-state index in [9.17, 15) is 0 Å². The Balaban J connectivity index is 2.37. The van der Waals surface area contributed by atoms with Gasteiger partial charge in [-0.2, -0.15) is 0 Å². The Morgan fingerprint density at radius 3 is 2.35 bits per heavy atom. The number of hydrogen-bond donors (Lipinski definition) is 0. The standard InChI is InChI=1S/C13H20N2O2/c1-9(2)10-11(16-3)15-13(7-5-6-8-13)12(14-10)17-4/h5-6,9-10H,7-8H2,1-4H3/t10-/m1/s1. The third-order valence-electron chi connectivity index (χ3n) is 3.34. The molecule has 4 nitrogen and oxygen atoms in total. The maximum Gasteiger partial charge on any atom is 0.213 e. The maximum absolute atomic E-state index is 5.45. The minimum atomic E-state index is -0.342. The van der Waals surface area contributed by atoms with Crippen molar-refractivity contribution in [3.8, 4) is 0 Å². The molecule has 0 bridgehead atoms. The van der Waals surface area contributed by atoms with Crippen molar-refractivity contribution in [2.45, 2.75) is 38.3 Å². The SMILES string of the molecule is COC1=NC2(CC=CC2)C(OC)=N[C@@H]1C(C)C. The highest BCUT2D eigenvalue weighted by Crippen LogP contribution is 2.34. The van der Waals surface area contributed by atoms with Gasteiger partial charge in [-0.25, -0.2) is 9.98 Å². The number of rotatable bonds is 1. The minimum absolute atomic E-state index is 0.0267. The normalized spacial score (nSPS) is 26.1. The van der Waals surface area contributed by atoms with E-state index in [1.165, 1.54) is 0 Å². The summed E-state index contributed by atoms with van der Waals surface area (Å²) in [5.41, 5.74) is -0.342. The highest BCUT2D eigenvalue weighted by molar-refractivity contribution is 5.97. The molecule has 2 aliphatic rings. The smallest absolute Gasteiger partial charge is 0.213 e. The average Bonchev–Trinajstić information content (AvgIpc) is 2.77. The summed E-state index contributed by atoms with van der Waals surface area (Å²) in [6, 6.07) is -0.0267. The van der Waals surface area contributed by atoms with Crippen molar-refractivity contribution in [1.29, 1.82) is 0 Å². The molecule has 0 aromatic carbocycles. The Hall–Kier alpha value is -1.32. The van der Waals surface area contributed by atoms with E-state index >= 15 is 0 Å². The molecule has 1 spiro atoms. The van der Waals surface area contributed by atoms with Crippen molar-refractivity contribution < 1.29 is 9.47 Å². The molecule has 0 unspecified atom stereocenters. The highest BCUT2D eigenvalue weighted by Gasteiger charge is 2.43. The first-order valence-corrected chi connectivity index (χ1v) is 6.04. The van der Waals surface area contributed by atoms with Crippen LogP contribution in [0.2, 0.25) is 0 Å². The maximum atomic E-state index is 5.45. The summed E-state index contributed by atoms with van der Waals surface area (Å²) in [5.74, 6) is 1.82. The molecule has 0 saturated carbocycles. The first-order chi connectivity index (χ1) is 8.13. The second-order valence-corrected chi connectivity index (χ2v) is 4.89. The van der Waals surface area contributed by atoms with Crippen molar-refractivity contribution in [2.24, 2.45) is 15.9 Å².